The molecule has 0 aliphatic carbocycles. The van der Waals surface area contributed by atoms with Gasteiger partial charge in [0.15, 0.2) is 5.78 Å². The molecule has 23 heavy (non-hydrogen) atoms. The molecule has 0 spiro atoms. The van der Waals surface area contributed by atoms with Crippen LogP contribution in [-0.2, 0) is 0 Å². The topological polar surface area (TPSA) is 37.3 Å². The van der Waals surface area contributed by atoms with Crippen molar-refractivity contribution in [1.29, 1.82) is 0 Å². The molecule has 0 unspecified atom stereocenters. The minimum absolute atomic E-state index is 0.0314. The zero-order chi connectivity index (χ0) is 17.1. The Kier molecular flexibility index (Phi) is 5.19. The zero-order valence-corrected chi connectivity index (χ0v) is 13.1. The third kappa shape index (κ3) is 3.97. The lowest BCUT2D eigenvalue weighted by molar-refractivity contribution is 0.104. The van der Waals surface area contributed by atoms with E-state index in [1.807, 2.05) is 0 Å². The van der Waals surface area contributed by atoms with Crippen LogP contribution in [0.2, 0.25) is 10.0 Å². The van der Waals surface area contributed by atoms with E-state index in [0.29, 0.717) is 5.56 Å². The monoisotopic (exact) mass is 354 g/mol. The second-order valence-corrected chi connectivity index (χ2v) is 5.39. The first-order valence-corrected chi connectivity index (χ1v) is 7.10. The Balaban J connectivity index is 2.32. The van der Waals surface area contributed by atoms with E-state index in [4.69, 9.17) is 23.2 Å². The van der Waals surface area contributed by atoms with E-state index in [-0.39, 0.29) is 26.9 Å². The van der Waals surface area contributed by atoms with E-state index in [1.165, 1.54) is 24.3 Å². The summed E-state index contributed by atoms with van der Waals surface area (Å²) in [5.41, 5.74) is 0.262. The standard InChI is InChI=1S/C17H10Cl2F2O2/c1-9(20)11-6-12(8-13(21)7-11)14(22)4-2-10-3-5-15(23)17(19)16(10)18/h2-8,23H,1H2/b4-2+. The fourth-order valence-electron chi connectivity index (χ4n) is 1.83. The predicted molar refractivity (Wildman–Crippen MR) is 88.0 cm³/mol. The van der Waals surface area contributed by atoms with E-state index in [2.05, 4.69) is 6.58 Å². The molecule has 2 nitrogen and oxygen atoms in total. The van der Waals surface area contributed by atoms with Gasteiger partial charge in [-0.05, 0) is 48.0 Å². The number of benzene rings is 2. The lowest BCUT2D eigenvalue weighted by Crippen LogP contribution is -1.97. The first kappa shape index (κ1) is 17.2. The van der Waals surface area contributed by atoms with Gasteiger partial charge in [-0.15, -0.1) is 0 Å². The Labute approximate surface area is 141 Å². The molecule has 2 aromatic rings. The van der Waals surface area contributed by atoms with Crippen LogP contribution in [0.4, 0.5) is 8.78 Å². The summed E-state index contributed by atoms with van der Waals surface area (Å²) in [6.45, 7) is 3.07. The molecule has 0 fully saturated rings. The third-order valence-electron chi connectivity index (χ3n) is 3.00. The number of carbonyl (C=O) groups is 1. The van der Waals surface area contributed by atoms with Crippen molar-refractivity contribution in [3.8, 4) is 5.75 Å². The highest BCUT2D eigenvalue weighted by Gasteiger charge is 2.10. The fraction of sp³-hybridized carbons (Fsp3) is 0. The van der Waals surface area contributed by atoms with E-state index in [1.54, 1.807) is 0 Å². The summed E-state index contributed by atoms with van der Waals surface area (Å²) in [7, 11) is 0. The van der Waals surface area contributed by atoms with Crippen LogP contribution >= 0.6 is 23.2 Å². The SMILES string of the molecule is C=C(F)c1cc(F)cc(C(=O)/C=C/c2ccc(O)c(Cl)c2Cl)c1. The molecule has 0 radical (unpaired) electrons. The normalized spacial score (nSPS) is 11.0. The molecule has 6 heteroatoms. The van der Waals surface area contributed by atoms with Crippen molar-refractivity contribution in [2.75, 3.05) is 0 Å². The number of ketones is 1. The quantitative estimate of drug-likeness (QED) is 0.566. The summed E-state index contributed by atoms with van der Waals surface area (Å²) in [6, 6.07) is 5.92. The molecule has 0 saturated carbocycles. The number of hydrogen-bond donors (Lipinski definition) is 1. The fourth-order valence-corrected chi connectivity index (χ4v) is 2.23. The Morgan fingerprint density at radius 2 is 1.78 bits per heavy atom. The molecule has 0 aliphatic heterocycles. The molecular formula is C17H10Cl2F2O2. The van der Waals surface area contributed by atoms with Crippen molar-refractivity contribution < 1.29 is 18.7 Å². The van der Waals surface area contributed by atoms with Crippen molar-refractivity contribution in [1.82, 2.24) is 0 Å². The average molecular weight is 355 g/mol. The minimum Gasteiger partial charge on any atom is -0.506 e. The van der Waals surface area contributed by atoms with Gasteiger partial charge in [-0.25, -0.2) is 8.78 Å². The van der Waals surface area contributed by atoms with Crippen LogP contribution in [0.1, 0.15) is 21.5 Å². The number of rotatable bonds is 4. The van der Waals surface area contributed by atoms with Gasteiger partial charge in [0.25, 0.3) is 0 Å². The number of allylic oxidation sites excluding steroid dienone is 1. The molecule has 2 aromatic carbocycles. The molecule has 0 atom stereocenters. The Morgan fingerprint density at radius 3 is 2.43 bits per heavy atom. The largest absolute Gasteiger partial charge is 0.506 e. The average Bonchev–Trinajstić information content (AvgIpc) is 2.51. The summed E-state index contributed by atoms with van der Waals surface area (Å²) in [5.74, 6) is -2.32. The molecule has 1 N–H and O–H groups in total. The van der Waals surface area contributed by atoms with Gasteiger partial charge in [0.2, 0.25) is 0 Å². The Morgan fingerprint density at radius 1 is 1.13 bits per heavy atom. The first-order chi connectivity index (χ1) is 10.8. The molecule has 118 valence electrons. The molecule has 0 aliphatic rings. The second-order valence-electron chi connectivity index (χ2n) is 4.63. The van der Waals surface area contributed by atoms with Gasteiger partial charge < -0.3 is 5.11 Å². The van der Waals surface area contributed by atoms with Crippen molar-refractivity contribution in [2.24, 2.45) is 0 Å². The van der Waals surface area contributed by atoms with Gasteiger partial charge in [-0.3, -0.25) is 4.79 Å². The number of halogens is 4. The summed E-state index contributed by atoms with van der Waals surface area (Å²) in [4.78, 5) is 12.1. The number of phenols is 1. The smallest absolute Gasteiger partial charge is 0.185 e. The maximum absolute atomic E-state index is 13.4. The van der Waals surface area contributed by atoms with Crippen molar-refractivity contribution in [2.45, 2.75) is 0 Å². The van der Waals surface area contributed by atoms with Crippen LogP contribution < -0.4 is 0 Å². The summed E-state index contributed by atoms with van der Waals surface area (Å²) >= 11 is 11.7. The molecule has 0 aromatic heterocycles. The molecule has 0 saturated heterocycles. The van der Waals surface area contributed by atoms with Crippen LogP contribution in [0.3, 0.4) is 0 Å². The predicted octanol–water partition coefficient (Wildman–Crippen LogP) is 5.67. The Bertz CT molecular complexity index is 830. The van der Waals surface area contributed by atoms with E-state index < -0.39 is 17.4 Å². The number of aromatic hydroxyl groups is 1. The highest BCUT2D eigenvalue weighted by molar-refractivity contribution is 6.43. The summed E-state index contributed by atoms with van der Waals surface area (Å²) in [6.07, 6.45) is 2.51. The highest BCUT2D eigenvalue weighted by Crippen LogP contribution is 2.34. The van der Waals surface area contributed by atoms with Gasteiger partial charge in [0, 0.05) is 11.1 Å². The van der Waals surface area contributed by atoms with E-state index >= 15 is 0 Å². The van der Waals surface area contributed by atoms with Crippen LogP contribution in [0.5, 0.6) is 5.75 Å². The molecule has 0 heterocycles. The Hall–Kier alpha value is -2.17. The molecule has 0 amide bonds. The van der Waals surface area contributed by atoms with Crippen LogP contribution in [0.15, 0.2) is 43.0 Å². The van der Waals surface area contributed by atoms with E-state index in [9.17, 15) is 18.7 Å². The number of carbonyl (C=O) groups excluding carboxylic acids is 1. The lowest BCUT2D eigenvalue weighted by Gasteiger charge is -2.04. The number of phenolic OH excluding ortho intramolecular Hbond substituents is 1. The molecule has 2 rings (SSSR count). The van der Waals surface area contributed by atoms with Crippen molar-refractivity contribution >= 4 is 40.9 Å². The van der Waals surface area contributed by atoms with Gasteiger partial charge in [-0.2, -0.15) is 0 Å². The lowest BCUT2D eigenvalue weighted by atomic mass is 10.0. The molecule has 0 bridgehead atoms. The van der Waals surface area contributed by atoms with Crippen LogP contribution in [0, 0.1) is 5.82 Å². The van der Waals surface area contributed by atoms with Gasteiger partial charge in [0.05, 0.1) is 5.02 Å². The van der Waals surface area contributed by atoms with Crippen molar-refractivity contribution in [3.63, 3.8) is 0 Å². The van der Waals surface area contributed by atoms with Crippen LogP contribution in [-0.4, -0.2) is 10.9 Å². The zero-order valence-electron chi connectivity index (χ0n) is 11.6. The summed E-state index contributed by atoms with van der Waals surface area (Å²) < 4.78 is 26.5. The van der Waals surface area contributed by atoms with Gasteiger partial charge in [-0.1, -0.05) is 29.8 Å². The van der Waals surface area contributed by atoms with E-state index in [0.717, 1.165) is 18.2 Å². The third-order valence-corrected chi connectivity index (χ3v) is 3.89. The van der Waals surface area contributed by atoms with Gasteiger partial charge in [0.1, 0.15) is 22.4 Å². The molecular weight excluding hydrogens is 345 g/mol. The second kappa shape index (κ2) is 6.94. The summed E-state index contributed by atoms with van der Waals surface area (Å²) in [5, 5.41) is 9.44. The minimum atomic E-state index is -0.837. The van der Waals surface area contributed by atoms with Crippen molar-refractivity contribution in [3.05, 3.63) is 75.5 Å². The maximum Gasteiger partial charge on any atom is 0.185 e. The number of hydrogen-bond acceptors (Lipinski definition) is 2. The van der Waals surface area contributed by atoms with Gasteiger partial charge >= 0.3 is 0 Å². The highest BCUT2D eigenvalue weighted by atomic mass is 35.5. The first-order valence-electron chi connectivity index (χ1n) is 6.34. The maximum atomic E-state index is 13.4. The van der Waals surface area contributed by atoms with Crippen LogP contribution in [0.25, 0.3) is 11.9 Å².